The lowest BCUT2D eigenvalue weighted by Crippen LogP contribution is -2.24. The van der Waals surface area contributed by atoms with Gasteiger partial charge in [0.1, 0.15) is 0 Å². The number of fused-ring (bicyclic) bond motifs is 1. The predicted octanol–water partition coefficient (Wildman–Crippen LogP) is 2.30. The first kappa shape index (κ1) is 12.7. The van der Waals surface area contributed by atoms with Crippen LogP contribution >= 0.6 is 0 Å². The molecule has 1 amide bonds. The number of hydrogen-bond donors (Lipinski definition) is 1. The van der Waals surface area contributed by atoms with Crippen molar-refractivity contribution in [1.82, 2.24) is 9.88 Å². The van der Waals surface area contributed by atoms with Gasteiger partial charge in [-0.25, -0.2) is 0 Å². The molecule has 1 aromatic carbocycles. The lowest BCUT2D eigenvalue weighted by Gasteiger charge is -2.09. The van der Waals surface area contributed by atoms with Crippen molar-refractivity contribution in [3.05, 3.63) is 59.4 Å². The first-order valence-electron chi connectivity index (χ1n) is 6.73. The molecule has 1 aliphatic heterocycles. The summed E-state index contributed by atoms with van der Waals surface area (Å²) in [5.74, 6) is -0.0130. The summed E-state index contributed by atoms with van der Waals surface area (Å²) in [6.45, 7) is 2.28. The van der Waals surface area contributed by atoms with Gasteiger partial charge in [0.15, 0.2) is 0 Å². The average molecular weight is 268 g/mol. The summed E-state index contributed by atoms with van der Waals surface area (Å²) >= 11 is 0. The van der Waals surface area contributed by atoms with Gasteiger partial charge in [0.2, 0.25) is 11.7 Å². The fraction of sp³-hybridized carbons (Fsp3) is 0.250. The van der Waals surface area contributed by atoms with E-state index in [1.54, 1.807) is 0 Å². The van der Waals surface area contributed by atoms with E-state index in [4.69, 9.17) is 0 Å². The van der Waals surface area contributed by atoms with Crippen LogP contribution in [-0.4, -0.2) is 16.3 Å². The van der Waals surface area contributed by atoms with E-state index in [0.29, 0.717) is 11.3 Å². The van der Waals surface area contributed by atoms with Crippen LogP contribution in [0.5, 0.6) is 0 Å². The zero-order chi connectivity index (χ0) is 14.1. The Morgan fingerprint density at radius 2 is 1.90 bits per heavy atom. The quantitative estimate of drug-likeness (QED) is 0.868. The van der Waals surface area contributed by atoms with Crippen molar-refractivity contribution in [1.29, 1.82) is 0 Å². The Morgan fingerprint density at radius 1 is 1.15 bits per heavy atom. The SMILES string of the molecule is CC(=O)NC1CCn2c(C(=O)c3ccccc3)ccc21. The van der Waals surface area contributed by atoms with Crippen LogP contribution in [0.15, 0.2) is 42.5 Å². The predicted molar refractivity (Wildman–Crippen MR) is 75.5 cm³/mol. The molecule has 1 unspecified atom stereocenters. The topological polar surface area (TPSA) is 51.1 Å². The fourth-order valence-corrected chi connectivity index (χ4v) is 2.77. The zero-order valence-corrected chi connectivity index (χ0v) is 11.3. The van der Waals surface area contributed by atoms with Crippen LogP contribution in [0.25, 0.3) is 0 Å². The van der Waals surface area contributed by atoms with Gasteiger partial charge in [-0.3, -0.25) is 9.59 Å². The largest absolute Gasteiger partial charge is 0.348 e. The number of amides is 1. The molecule has 1 aliphatic rings. The highest BCUT2D eigenvalue weighted by molar-refractivity contribution is 6.08. The minimum absolute atomic E-state index is 0.0184. The van der Waals surface area contributed by atoms with Gasteiger partial charge >= 0.3 is 0 Å². The highest BCUT2D eigenvalue weighted by Gasteiger charge is 2.27. The monoisotopic (exact) mass is 268 g/mol. The molecule has 4 nitrogen and oxygen atoms in total. The first-order chi connectivity index (χ1) is 9.66. The molecular formula is C16H16N2O2. The Hall–Kier alpha value is -2.36. The number of nitrogens with zero attached hydrogens (tertiary/aromatic N) is 1. The van der Waals surface area contributed by atoms with Gasteiger partial charge < -0.3 is 9.88 Å². The third-order valence-electron chi connectivity index (χ3n) is 3.66. The van der Waals surface area contributed by atoms with Gasteiger partial charge in [-0.15, -0.1) is 0 Å². The molecule has 0 fully saturated rings. The normalized spacial score (nSPS) is 16.8. The molecule has 2 heterocycles. The van der Waals surface area contributed by atoms with E-state index in [1.165, 1.54) is 6.92 Å². The molecule has 1 atom stereocenters. The highest BCUT2D eigenvalue weighted by Crippen LogP contribution is 2.29. The van der Waals surface area contributed by atoms with Gasteiger partial charge in [-0.1, -0.05) is 30.3 Å². The van der Waals surface area contributed by atoms with E-state index in [0.717, 1.165) is 18.7 Å². The molecule has 0 saturated carbocycles. The van der Waals surface area contributed by atoms with Crippen molar-refractivity contribution < 1.29 is 9.59 Å². The number of nitrogens with one attached hydrogen (secondary N) is 1. The number of hydrogen-bond acceptors (Lipinski definition) is 2. The molecular weight excluding hydrogens is 252 g/mol. The maximum Gasteiger partial charge on any atom is 0.217 e. The molecule has 0 bridgehead atoms. The maximum absolute atomic E-state index is 12.5. The van der Waals surface area contributed by atoms with E-state index >= 15 is 0 Å². The minimum atomic E-state index is -0.0411. The summed E-state index contributed by atoms with van der Waals surface area (Å²) in [5.41, 5.74) is 2.40. The molecule has 0 radical (unpaired) electrons. The summed E-state index contributed by atoms with van der Waals surface area (Å²) in [6, 6.07) is 13.1. The van der Waals surface area contributed by atoms with Crippen LogP contribution in [0.3, 0.4) is 0 Å². The summed E-state index contributed by atoms with van der Waals surface area (Å²) in [6.07, 6.45) is 0.838. The minimum Gasteiger partial charge on any atom is -0.348 e. The Morgan fingerprint density at radius 3 is 2.60 bits per heavy atom. The second kappa shape index (κ2) is 4.96. The Labute approximate surface area is 117 Å². The number of rotatable bonds is 3. The van der Waals surface area contributed by atoms with Crippen LogP contribution in [0, 0.1) is 0 Å². The van der Waals surface area contributed by atoms with E-state index < -0.39 is 0 Å². The number of benzene rings is 1. The molecule has 0 spiro atoms. The van der Waals surface area contributed by atoms with Crippen LogP contribution in [0.4, 0.5) is 0 Å². The van der Waals surface area contributed by atoms with Gasteiger partial charge in [0, 0.05) is 24.7 Å². The number of carbonyl (C=O) groups is 2. The third kappa shape index (κ3) is 2.13. The summed E-state index contributed by atoms with van der Waals surface area (Å²) in [4.78, 5) is 23.7. The van der Waals surface area contributed by atoms with Crippen molar-refractivity contribution >= 4 is 11.7 Å². The van der Waals surface area contributed by atoms with E-state index in [-0.39, 0.29) is 17.7 Å². The molecule has 1 N–H and O–H groups in total. The molecule has 2 aromatic rings. The molecule has 4 heteroatoms. The Bertz CT molecular complexity index is 658. The van der Waals surface area contributed by atoms with Crippen molar-refractivity contribution in [2.75, 3.05) is 0 Å². The van der Waals surface area contributed by atoms with Gasteiger partial charge in [0.05, 0.1) is 11.7 Å². The molecule has 102 valence electrons. The number of ketones is 1. The highest BCUT2D eigenvalue weighted by atomic mass is 16.1. The first-order valence-corrected chi connectivity index (χ1v) is 6.73. The van der Waals surface area contributed by atoms with Crippen LogP contribution in [-0.2, 0) is 11.3 Å². The Kier molecular flexibility index (Phi) is 3.14. The van der Waals surface area contributed by atoms with Gasteiger partial charge in [0.25, 0.3) is 0 Å². The molecule has 0 aliphatic carbocycles. The van der Waals surface area contributed by atoms with Crippen molar-refractivity contribution in [3.8, 4) is 0 Å². The third-order valence-corrected chi connectivity index (χ3v) is 3.66. The van der Waals surface area contributed by atoms with E-state index in [1.807, 2.05) is 47.0 Å². The lowest BCUT2D eigenvalue weighted by molar-refractivity contribution is -0.119. The molecule has 1 aromatic heterocycles. The summed E-state index contributed by atoms with van der Waals surface area (Å²) in [5, 5.41) is 2.92. The van der Waals surface area contributed by atoms with Gasteiger partial charge in [-0.2, -0.15) is 0 Å². The van der Waals surface area contributed by atoms with Crippen molar-refractivity contribution in [2.24, 2.45) is 0 Å². The summed E-state index contributed by atoms with van der Waals surface area (Å²) in [7, 11) is 0. The average Bonchev–Trinajstić information content (AvgIpc) is 3.02. The van der Waals surface area contributed by atoms with Crippen molar-refractivity contribution in [2.45, 2.75) is 25.9 Å². The van der Waals surface area contributed by atoms with Crippen LogP contribution < -0.4 is 5.32 Å². The van der Waals surface area contributed by atoms with Crippen LogP contribution in [0.2, 0.25) is 0 Å². The van der Waals surface area contributed by atoms with Crippen LogP contribution in [0.1, 0.15) is 41.1 Å². The standard InChI is InChI=1S/C16H16N2O2/c1-11(19)17-13-9-10-18-14(13)7-8-15(18)16(20)12-5-3-2-4-6-12/h2-8,13H,9-10H2,1H3,(H,17,19). The van der Waals surface area contributed by atoms with E-state index in [2.05, 4.69) is 5.32 Å². The molecule has 0 saturated heterocycles. The smallest absolute Gasteiger partial charge is 0.217 e. The second-order valence-electron chi connectivity index (χ2n) is 5.03. The lowest BCUT2D eigenvalue weighted by atomic mass is 10.1. The maximum atomic E-state index is 12.5. The van der Waals surface area contributed by atoms with Gasteiger partial charge in [-0.05, 0) is 18.6 Å². The number of aromatic nitrogens is 1. The molecule has 3 rings (SSSR count). The Balaban J connectivity index is 1.91. The number of carbonyl (C=O) groups excluding carboxylic acids is 2. The fourth-order valence-electron chi connectivity index (χ4n) is 2.77. The van der Waals surface area contributed by atoms with Crippen molar-refractivity contribution in [3.63, 3.8) is 0 Å². The van der Waals surface area contributed by atoms with E-state index in [9.17, 15) is 9.59 Å². The summed E-state index contributed by atoms with van der Waals surface area (Å²) < 4.78 is 2.01. The molecule has 20 heavy (non-hydrogen) atoms. The second-order valence-corrected chi connectivity index (χ2v) is 5.03. The zero-order valence-electron chi connectivity index (χ0n) is 11.3.